The first-order valence-corrected chi connectivity index (χ1v) is 5.54. The number of hydrogen-bond acceptors (Lipinski definition) is 3. The summed E-state index contributed by atoms with van der Waals surface area (Å²) in [6, 6.07) is 5.07. The normalized spacial score (nSPS) is 12.2. The number of benzene rings is 1. The third-order valence-corrected chi connectivity index (χ3v) is 2.83. The Balaban J connectivity index is 2.88. The van der Waals surface area contributed by atoms with E-state index in [1.54, 1.807) is 6.07 Å². The summed E-state index contributed by atoms with van der Waals surface area (Å²) in [6.07, 6.45) is 1.00. The molecule has 1 N–H and O–H groups in total. The van der Waals surface area contributed by atoms with E-state index in [1.165, 1.54) is 12.1 Å². The van der Waals surface area contributed by atoms with Gasteiger partial charge >= 0.3 is 0 Å². The fraction of sp³-hybridized carbons (Fsp3) is 0.400. The highest BCUT2D eigenvalue weighted by atomic mass is 79.9. The van der Waals surface area contributed by atoms with Crippen LogP contribution in [0.3, 0.4) is 0 Å². The molecule has 0 aliphatic heterocycles. The summed E-state index contributed by atoms with van der Waals surface area (Å²) >= 11 is 3.31. The zero-order chi connectivity index (χ0) is 11.4. The van der Waals surface area contributed by atoms with Crippen LogP contribution in [0.5, 0.6) is 0 Å². The second-order valence-electron chi connectivity index (χ2n) is 3.37. The molecule has 0 saturated carbocycles. The lowest BCUT2D eigenvalue weighted by Crippen LogP contribution is -2.13. The van der Waals surface area contributed by atoms with Gasteiger partial charge in [0.25, 0.3) is 5.69 Å². The van der Waals surface area contributed by atoms with Crippen LogP contribution < -0.4 is 5.32 Å². The Hall–Kier alpha value is -1.10. The van der Waals surface area contributed by atoms with Gasteiger partial charge in [0.15, 0.2) is 0 Å². The molecule has 82 valence electrons. The van der Waals surface area contributed by atoms with Gasteiger partial charge in [-0.15, -0.1) is 0 Å². The molecule has 1 unspecified atom stereocenters. The van der Waals surface area contributed by atoms with Crippen molar-refractivity contribution in [1.29, 1.82) is 0 Å². The SMILES string of the molecule is CCC(C)Nc1ccc([N+](=O)[O-])cc1Br. The number of non-ortho nitro benzene ring substituents is 1. The van der Waals surface area contributed by atoms with Crippen LogP contribution in [0, 0.1) is 10.1 Å². The van der Waals surface area contributed by atoms with Crippen molar-refractivity contribution in [1.82, 2.24) is 0 Å². The van der Waals surface area contributed by atoms with E-state index in [2.05, 4.69) is 35.1 Å². The minimum absolute atomic E-state index is 0.0941. The highest BCUT2D eigenvalue weighted by molar-refractivity contribution is 9.10. The molecule has 0 amide bonds. The van der Waals surface area contributed by atoms with Crippen molar-refractivity contribution in [3.63, 3.8) is 0 Å². The van der Waals surface area contributed by atoms with E-state index >= 15 is 0 Å². The molecule has 5 heteroatoms. The molecule has 0 aliphatic carbocycles. The molecule has 0 spiro atoms. The molecule has 0 bridgehead atoms. The van der Waals surface area contributed by atoms with Gasteiger partial charge < -0.3 is 5.32 Å². The summed E-state index contributed by atoms with van der Waals surface area (Å²) in [6.45, 7) is 4.14. The van der Waals surface area contributed by atoms with Crippen molar-refractivity contribution >= 4 is 27.3 Å². The van der Waals surface area contributed by atoms with E-state index in [9.17, 15) is 10.1 Å². The number of halogens is 1. The Morgan fingerprint density at radius 3 is 2.73 bits per heavy atom. The second kappa shape index (κ2) is 5.11. The third kappa shape index (κ3) is 3.20. The summed E-state index contributed by atoms with van der Waals surface area (Å²) in [7, 11) is 0. The molecule has 15 heavy (non-hydrogen) atoms. The average Bonchev–Trinajstić information content (AvgIpc) is 2.20. The van der Waals surface area contributed by atoms with Crippen molar-refractivity contribution in [2.45, 2.75) is 26.3 Å². The highest BCUT2D eigenvalue weighted by Crippen LogP contribution is 2.27. The van der Waals surface area contributed by atoms with E-state index in [1.807, 2.05) is 0 Å². The maximum absolute atomic E-state index is 10.5. The molecule has 0 heterocycles. The standard InChI is InChI=1S/C10H13BrN2O2/c1-3-7(2)12-10-5-4-8(13(14)15)6-9(10)11/h4-7,12H,3H2,1-2H3. The van der Waals surface area contributed by atoms with Gasteiger partial charge in [0.1, 0.15) is 0 Å². The molecular formula is C10H13BrN2O2. The number of rotatable bonds is 4. The van der Waals surface area contributed by atoms with Gasteiger partial charge in [-0.05, 0) is 35.3 Å². The summed E-state index contributed by atoms with van der Waals surface area (Å²) in [5, 5.41) is 13.8. The monoisotopic (exact) mass is 272 g/mol. The fourth-order valence-electron chi connectivity index (χ4n) is 1.10. The van der Waals surface area contributed by atoms with E-state index < -0.39 is 4.92 Å². The molecule has 1 atom stereocenters. The van der Waals surface area contributed by atoms with E-state index in [0.717, 1.165) is 16.6 Å². The molecule has 0 aromatic heterocycles. The number of nitro benzene ring substituents is 1. The molecule has 1 aromatic carbocycles. The number of hydrogen-bond donors (Lipinski definition) is 1. The van der Waals surface area contributed by atoms with Crippen LogP contribution in [-0.4, -0.2) is 11.0 Å². The molecule has 0 fully saturated rings. The predicted molar refractivity (Wildman–Crippen MR) is 64.2 cm³/mol. The van der Waals surface area contributed by atoms with Crippen LogP contribution >= 0.6 is 15.9 Å². The van der Waals surface area contributed by atoms with Gasteiger partial charge in [-0.3, -0.25) is 10.1 Å². The topological polar surface area (TPSA) is 55.2 Å². The van der Waals surface area contributed by atoms with Crippen molar-refractivity contribution in [3.05, 3.63) is 32.8 Å². The van der Waals surface area contributed by atoms with Gasteiger partial charge in [-0.1, -0.05) is 6.92 Å². The summed E-state index contributed by atoms with van der Waals surface area (Å²) in [4.78, 5) is 10.1. The van der Waals surface area contributed by atoms with Gasteiger partial charge in [0.2, 0.25) is 0 Å². The number of nitro groups is 1. The second-order valence-corrected chi connectivity index (χ2v) is 4.23. The Labute approximate surface area is 97.0 Å². The van der Waals surface area contributed by atoms with Crippen molar-refractivity contribution < 1.29 is 4.92 Å². The van der Waals surface area contributed by atoms with E-state index in [0.29, 0.717) is 6.04 Å². The number of nitrogens with one attached hydrogen (secondary N) is 1. The first-order valence-electron chi connectivity index (χ1n) is 4.75. The first kappa shape index (κ1) is 12.0. The molecule has 0 aliphatic rings. The molecule has 4 nitrogen and oxygen atoms in total. The van der Waals surface area contributed by atoms with E-state index in [4.69, 9.17) is 0 Å². The first-order chi connectivity index (χ1) is 7.04. The smallest absolute Gasteiger partial charge is 0.270 e. The molecule has 1 rings (SSSR count). The maximum Gasteiger partial charge on any atom is 0.270 e. The maximum atomic E-state index is 10.5. The molecule has 0 saturated heterocycles. The lowest BCUT2D eigenvalue weighted by molar-refractivity contribution is -0.384. The van der Waals surface area contributed by atoms with Crippen LogP contribution in [0.2, 0.25) is 0 Å². The Morgan fingerprint density at radius 2 is 2.27 bits per heavy atom. The lowest BCUT2D eigenvalue weighted by atomic mass is 10.2. The summed E-state index contributed by atoms with van der Waals surface area (Å²) in [5.41, 5.74) is 0.978. The average molecular weight is 273 g/mol. The summed E-state index contributed by atoms with van der Waals surface area (Å²) in [5.74, 6) is 0. The van der Waals surface area contributed by atoms with Crippen LogP contribution in [0.25, 0.3) is 0 Å². The minimum Gasteiger partial charge on any atom is -0.382 e. The lowest BCUT2D eigenvalue weighted by Gasteiger charge is -2.13. The van der Waals surface area contributed by atoms with Gasteiger partial charge in [-0.25, -0.2) is 0 Å². The van der Waals surface area contributed by atoms with Crippen molar-refractivity contribution in [2.75, 3.05) is 5.32 Å². The van der Waals surface area contributed by atoms with E-state index in [-0.39, 0.29) is 5.69 Å². The zero-order valence-electron chi connectivity index (χ0n) is 8.66. The van der Waals surface area contributed by atoms with Crippen LogP contribution in [0.1, 0.15) is 20.3 Å². The van der Waals surface area contributed by atoms with Crippen LogP contribution in [-0.2, 0) is 0 Å². The molecule has 0 radical (unpaired) electrons. The largest absolute Gasteiger partial charge is 0.382 e. The highest BCUT2D eigenvalue weighted by Gasteiger charge is 2.09. The quantitative estimate of drug-likeness (QED) is 0.674. The predicted octanol–water partition coefficient (Wildman–Crippen LogP) is 3.57. The Kier molecular flexibility index (Phi) is 4.08. The zero-order valence-corrected chi connectivity index (χ0v) is 10.2. The third-order valence-electron chi connectivity index (χ3n) is 2.18. The number of anilines is 1. The fourth-order valence-corrected chi connectivity index (χ4v) is 1.58. The van der Waals surface area contributed by atoms with Gasteiger partial charge in [-0.2, -0.15) is 0 Å². The molecule has 1 aromatic rings. The van der Waals surface area contributed by atoms with Gasteiger partial charge in [0, 0.05) is 28.3 Å². The number of nitrogens with zero attached hydrogens (tertiary/aromatic N) is 1. The minimum atomic E-state index is -0.405. The van der Waals surface area contributed by atoms with Crippen molar-refractivity contribution in [3.8, 4) is 0 Å². The van der Waals surface area contributed by atoms with Crippen molar-refractivity contribution in [2.24, 2.45) is 0 Å². The van der Waals surface area contributed by atoms with Crippen LogP contribution in [0.4, 0.5) is 11.4 Å². The van der Waals surface area contributed by atoms with Crippen LogP contribution in [0.15, 0.2) is 22.7 Å². The Morgan fingerprint density at radius 1 is 1.60 bits per heavy atom. The summed E-state index contributed by atoms with van der Waals surface area (Å²) < 4.78 is 0.719. The van der Waals surface area contributed by atoms with Gasteiger partial charge in [0.05, 0.1) is 4.92 Å². The Bertz CT molecular complexity index is 368. The molecular weight excluding hydrogens is 260 g/mol.